The van der Waals surface area contributed by atoms with E-state index in [1.807, 2.05) is 18.5 Å². The largest absolute Gasteiger partial charge is 0.357 e. The van der Waals surface area contributed by atoms with Gasteiger partial charge in [-0.25, -0.2) is 9.37 Å². The third-order valence-corrected chi connectivity index (χ3v) is 5.44. The van der Waals surface area contributed by atoms with Crippen LogP contribution in [0, 0.1) is 5.82 Å². The van der Waals surface area contributed by atoms with Crippen LogP contribution in [0.4, 0.5) is 10.2 Å². The molecule has 1 saturated heterocycles. The summed E-state index contributed by atoms with van der Waals surface area (Å²) in [5.41, 5.74) is 3.20. The first-order chi connectivity index (χ1) is 13.7. The summed E-state index contributed by atoms with van der Waals surface area (Å²) in [6.07, 6.45) is 6.44. The average molecular weight is 402 g/mol. The van der Waals surface area contributed by atoms with Crippen molar-refractivity contribution in [3.63, 3.8) is 0 Å². The second-order valence-electron chi connectivity index (χ2n) is 6.84. The zero-order valence-corrected chi connectivity index (χ0v) is 17.4. The van der Waals surface area contributed by atoms with Crippen molar-refractivity contribution >= 4 is 23.5 Å². The van der Waals surface area contributed by atoms with Crippen LogP contribution in [0.15, 0.2) is 41.5 Å². The van der Waals surface area contributed by atoms with Gasteiger partial charge in [0.25, 0.3) is 0 Å². The summed E-state index contributed by atoms with van der Waals surface area (Å²) in [5.74, 6) is 2.36. The van der Waals surface area contributed by atoms with Gasteiger partial charge in [-0.1, -0.05) is 12.1 Å². The minimum Gasteiger partial charge on any atom is -0.357 e. The summed E-state index contributed by atoms with van der Waals surface area (Å²) in [4.78, 5) is 11.2. The molecule has 0 atom stereocenters. The van der Waals surface area contributed by atoms with Crippen LogP contribution in [-0.2, 0) is 18.8 Å². The highest BCUT2D eigenvalue weighted by atomic mass is 32.2. The van der Waals surface area contributed by atoms with Crippen LogP contribution in [0.5, 0.6) is 0 Å². The van der Waals surface area contributed by atoms with E-state index in [0.717, 1.165) is 41.4 Å². The number of anilines is 1. The van der Waals surface area contributed by atoms with E-state index in [0.29, 0.717) is 19.0 Å². The fraction of sp³-hybridized carbons (Fsp3) is 0.429. The SMILES string of the molecule is CN=C(NCc1ccc(N2CCCC2)nc1)NCc1ccc(F)cc1CSC. The van der Waals surface area contributed by atoms with Gasteiger partial charge in [0, 0.05) is 45.2 Å². The molecule has 1 fully saturated rings. The van der Waals surface area contributed by atoms with Crippen LogP contribution in [-0.4, -0.2) is 37.3 Å². The average Bonchev–Trinajstić information content (AvgIpc) is 3.25. The number of benzene rings is 1. The van der Waals surface area contributed by atoms with Gasteiger partial charge < -0.3 is 15.5 Å². The Morgan fingerprint density at radius 1 is 1.14 bits per heavy atom. The lowest BCUT2D eigenvalue weighted by molar-refractivity contribution is 0.625. The number of aliphatic imine (C=N–C) groups is 1. The van der Waals surface area contributed by atoms with E-state index in [-0.39, 0.29) is 5.82 Å². The van der Waals surface area contributed by atoms with Gasteiger partial charge in [0.15, 0.2) is 5.96 Å². The molecule has 5 nitrogen and oxygen atoms in total. The third-order valence-electron chi connectivity index (χ3n) is 4.84. The predicted octanol–water partition coefficient (Wildman–Crippen LogP) is 3.55. The van der Waals surface area contributed by atoms with Gasteiger partial charge in [0.05, 0.1) is 0 Å². The third kappa shape index (κ3) is 5.61. The molecule has 150 valence electrons. The maximum atomic E-state index is 13.5. The summed E-state index contributed by atoms with van der Waals surface area (Å²) in [7, 11) is 1.75. The molecule has 0 radical (unpaired) electrons. The quantitative estimate of drug-likeness (QED) is 0.549. The summed E-state index contributed by atoms with van der Waals surface area (Å²) >= 11 is 1.68. The van der Waals surface area contributed by atoms with Crippen LogP contribution >= 0.6 is 11.8 Å². The van der Waals surface area contributed by atoms with E-state index in [4.69, 9.17) is 0 Å². The fourth-order valence-electron chi connectivity index (χ4n) is 3.30. The summed E-state index contributed by atoms with van der Waals surface area (Å²) < 4.78 is 13.5. The summed E-state index contributed by atoms with van der Waals surface area (Å²) in [5, 5.41) is 6.62. The molecule has 2 aromatic rings. The molecule has 0 saturated carbocycles. The minimum absolute atomic E-state index is 0.194. The van der Waals surface area contributed by atoms with E-state index in [1.165, 1.54) is 18.9 Å². The zero-order chi connectivity index (χ0) is 19.8. The second-order valence-corrected chi connectivity index (χ2v) is 7.71. The highest BCUT2D eigenvalue weighted by molar-refractivity contribution is 7.97. The Kier molecular flexibility index (Phi) is 7.54. The van der Waals surface area contributed by atoms with Crippen molar-refractivity contribution in [3.05, 3.63) is 59.0 Å². The van der Waals surface area contributed by atoms with E-state index >= 15 is 0 Å². The Morgan fingerprint density at radius 2 is 1.93 bits per heavy atom. The first-order valence-corrected chi connectivity index (χ1v) is 11.0. The fourth-order valence-corrected chi connectivity index (χ4v) is 3.88. The number of guanidine groups is 1. The van der Waals surface area contributed by atoms with Gasteiger partial charge in [-0.3, -0.25) is 4.99 Å². The number of halogens is 1. The number of nitrogens with one attached hydrogen (secondary N) is 2. The van der Waals surface area contributed by atoms with Crippen molar-refractivity contribution in [3.8, 4) is 0 Å². The Balaban J connectivity index is 1.52. The molecule has 1 aromatic carbocycles. The van der Waals surface area contributed by atoms with E-state index in [2.05, 4.69) is 37.6 Å². The van der Waals surface area contributed by atoms with Crippen molar-refractivity contribution in [2.45, 2.75) is 31.7 Å². The molecule has 0 aliphatic carbocycles. The van der Waals surface area contributed by atoms with Gasteiger partial charge in [-0.15, -0.1) is 0 Å². The molecule has 2 heterocycles. The van der Waals surface area contributed by atoms with Gasteiger partial charge in [0.2, 0.25) is 0 Å². The van der Waals surface area contributed by atoms with Crippen molar-refractivity contribution in [1.29, 1.82) is 0 Å². The molecule has 1 aromatic heterocycles. The number of thioether (sulfide) groups is 1. The molecule has 0 bridgehead atoms. The Morgan fingerprint density at radius 3 is 2.61 bits per heavy atom. The Labute approximate surface area is 170 Å². The molecule has 0 unspecified atom stereocenters. The molecular weight excluding hydrogens is 373 g/mol. The van der Waals surface area contributed by atoms with Crippen molar-refractivity contribution in [2.75, 3.05) is 31.3 Å². The molecule has 1 aliphatic rings. The highest BCUT2D eigenvalue weighted by Gasteiger charge is 2.13. The lowest BCUT2D eigenvalue weighted by atomic mass is 10.1. The number of hydrogen-bond acceptors (Lipinski definition) is 4. The molecule has 1 aliphatic heterocycles. The van der Waals surface area contributed by atoms with Gasteiger partial charge in [-0.2, -0.15) is 11.8 Å². The first kappa shape index (κ1) is 20.5. The second kappa shape index (κ2) is 10.3. The van der Waals surface area contributed by atoms with E-state index in [9.17, 15) is 4.39 Å². The molecule has 28 heavy (non-hydrogen) atoms. The monoisotopic (exact) mass is 401 g/mol. The number of rotatable bonds is 7. The van der Waals surface area contributed by atoms with Gasteiger partial charge in [-0.05, 0) is 54.0 Å². The molecule has 2 N–H and O–H groups in total. The van der Waals surface area contributed by atoms with Crippen LogP contribution in [0.25, 0.3) is 0 Å². The molecule has 0 amide bonds. The number of hydrogen-bond donors (Lipinski definition) is 2. The van der Waals surface area contributed by atoms with E-state index < -0.39 is 0 Å². The van der Waals surface area contributed by atoms with Gasteiger partial charge >= 0.3 is 0 Å². The number of pyridine rings is 1. The lowest BCUT2D eigenvalue weighted by Gasteiger charge is -2.17. The summed E-state index contributed by atoms with van der Waals surface area (Å²) in [6, 6.07) is 9.15. The predicted molar refractivity (Wildman–Crippen MR) is 116 cm³/mol. The van der Waals surface area contributed by atoms with Crippen molar-refractivity contribution < 1.29 is 4.39 Å². The molecule has 3 rings (SSSR count). The Hall–Kier alpha value is -2.28. The van der Waals surface area contributed by atoms with Crippen LogP contribution in [0.3, 0.4) is 0 Å². The minimum atomic E-state index is -0.194. The summed E-state index contributed by atoms with van der Waals surface area (Å²) in [6.45, 7) is 3.45. The maximum absolute atomic E-state index is 13.5. The van der Waals surface area contributed by atoms with Gasteiger partial charge in [0.1, 0.15) is 11.6 Å². The smallest absolute Gasteiger partial charge is 0.191 e. The van der Waals surface area contributed by atoms with Crippen molar-refractivity contribution in [2.24, 2.45) is 4.99 Å². The highest BCUT2D eigenvalue weighted by Crippen LogP contribution is 2.18. The van der Waals surface area contributed by atoms with Crippen LogP contribution in [0.1, 0.15) is 29.5 Å². The number of nitrogens with zero attached hydrogens (tertiary/aromatic N) is 3. The molecular formula is C21H28FN5S. The van der Waals surface area contributed by atoms with E-state index in [1.54, 1.807) is 24.9 Å². The standard InChI is InChI=1S/C21H28FN5S/c1-23-21(26-14-17-6-7-19(22)11-18(17)15-28-2)25-13-16-5-8-20(24-12-16)27-9-3-4-10-27/h5-8,11-12H,3-4,9-10,13-15H2,1-2H3,(H2,23,25,26). The molecule has 7 heteroatoms. The van der Waals surface area contributed by atoms with Crippen LogP contribution < -0.4 is 15.5 Å². The topological polar surface area (TPSA) is 52.6 Å². The first-order valence-electron chi connectivity index (χ1n) is 9.60. The molecule has 0 spiro atoms. The number of aromatic nitrogens is 1. The van der Waals surface area contributed by atoms with Crippen molar-refractivity contribution in [1.82, 2.24) is 15.6 Å². The Bertz CT molecular complexity index is 788. The zero-order valence-electron chi connectivity index (χ0n) is 16.5. The maximum Gasteiger partial charge on any atom is 0.191 e. The normalized spacial score (nSPS) is 14.4. The van der Waals surface area contributed by atoms with Crippen LogP contribution in [0.2, 0.25) is 0 Å². The lowest BCUT2D eigenvalue weighted by Crippen LogP contribution is -2.36.